The van der Waals surface area contributed by atoms with E-state index in [1.54, 1.807) is 24.6 Å². The quantitative estimate of drug-likeness (QED) is 0.718. The average Bonchev–Trinajstić information content (AvgIpc) is 3.19. The van der Waals surface area contributed by atoms with Gasteiger partial charge < -0.3 is 4.52 Å². The second-order valence-electron chi connectivity index (χ2n) is 6.70. The second kappa shape index (κ2) is 6.93. The van der Waals surface area contributed by atoms with Gasteiger partial charge in [0.15, 0.2) is 5.82 Å². The molecule has 2 aromatic rings. The molecule has 9 nitrogen and oxygen atoms in total. The highest BCUT2D eigenvalue weighted by Crippen LogP contribution is 2.17. The third kappa shape index (κ3) is 3.72. The summed E-state index contributed by atoms with van der Waals surface area (Å²) in [4.78, 5) is 32.6. The van der Waals surface area contributed by atoms with Gasteiger partial charge in [0.1, 0.15) is 0 Å². The van der Waals surface area contributed by atoms with Crippen molar-refractivity contribution >= 4 is 0 Å². The summed E-state index contributed by atoms with van der Waals surface area (Å²) in [6.07, 6.45) is 1.02. The predicted octanol–water partition coefficient (Wildman–Crippen LogP) is -0.518. The lowest BCUT2D eigenvalue weighted by Gasteiger charge is -2.23. The van der Waals surface area contributed by atoms with Crippen LogP contribution < -0.4 is 11.2 Å². The molecule has 3 heterocycles. The lowest BCUT2D eigenvalue weighted by molar-refractivity contribution is 0.214. The molecule has 0 spiro atoms. The fourth-order valence-electron chi connectivity index (χ4n) is 3.23. The number of nitrogens with zero attached hydrogens (tertiary/aromatic N) is 6. The van der Waals surface area contributed by atoms with Gasteiger partial charge in [-0.15, -0.1) is 0 Å². The van der Waals surface area contributed by atoms with Crippen LogP contribution in [0.15, 0.2) is 20.2 Å². The van der Waals surface area contributed by atoms with E-state index in [0.29, 0.717) is 30.8 Å². The molecule has 2 aromatic heterocycles. The first kappa shape index (κ1) is 17.6. The van der Waals surface area contributed by atoms with Crippen LogP contribution in [-0.4, -0.2) is 55.3 Å². The predicted molar refractivity (Wildman–Crippen MR) is 91.1 cm³/mol. The molecule has 1 atom stereocenters. The minimum Gasteiger partial charge on any atom is -0.340 e. The number of aryl methyl sites for hydroxylation is 1. The van der Waals surface area contributed by atoms with E-state index in [2.05, 4.69) is 19.9 Å². The third-order valence-corrected chi connectivity index (χ3v) is 4.84. The van der Waals surface area contributed by atoms with Gasteiger partial charge in [-0.1, -0.05) is 5.16 Å². The first-order valence-corrected chi connectivity index (χ1v) is 8.33. The van der Waals surface area contributed by atoms with Crippen LogP contribution >= 0.6 is 0 Å². The molecular weight excluding hydrogens is 324 g/mol. The molecule has 136 valence electrons. The maximum Gasteiger partial charge on any atom is 0.330 e. The molecule has 0 aromatic carbocycles. The van der Waals surface area contributed by atoms with Crippen molar-refractivity contribution in [2.75, 3.05) is 20.1 Å². The molecule has 1 fully saturated rings. The second-order valence-corrected chi connectivity index (χ2v) is 6.70. The SMILES string of the molecule is Cc1nc(CN(C)[C@@H]2CCN(Cc3cc(=O)n(C)c(=O)n3C)C2)no1. The highest BCUT2D eigenvalue weighted by atomic mass is 16.5. The van der Waals surface area contributed by atoms with E-state index in [-0.39, 0.29) is 11.2 Å². The molecule has 0 N–H and O–H groups in total. The number of rotatable bonds is 5. The van der Waals surface area contributed by atoms with Gasteiger partial charge in [0, 0.05) is 58.5 Å². The zero-order chi connectivity index (χ0) is 18.1. The van der Waals surface area contributed by atoms with Gasteiger partial charge >= 0.3 is 5.69 Å². The maximum absolute atomic E-state index is 12.0. The summed E-state index contributed by atoms with van der Waals surface area (Å²) in [5.74, 6) is 1.26. The number of aromatic nitrogens is 4. The number of likely N-dealkylation sites (N-methyl/N-ethyl adjacent to an activating group) is 1. The Balaban J connectivity index is 1.63. The van der Waals surface area contributed by atoms with Crippen molar-refractivity contribution in [3.63, 3.8) is 0 Å². The minimum atomic E-state index is -0.289. The van der Waals surface area contributed by atoms with Crippen LogP contribution in [0, 0.1) is 6.92 Å². The summed E-state index contributed by atoms with van der Waals surface area (Å²) in [6.45, 7) is 4.80. The van der Waals surface area contributed by atoms with Gasteiger partial charge in [-0.25, -0.2) is 4.79 Å². The molecule has 3 rings (SSSR count). The highest BCUT2D eigenvalue weighted by Gasteiger charge is 2.27. The summed E-state index contributed by atoms with van der Waals surface area (Å²) in [6, 6.07) is 1.92. The average molecular weight is 348 g/mol. The van der Waals surface area contributed by atoms with E-state index in [4.69, 9.17) is 4.52 Å². The fraction of sp³-hybridized carbons (Fsp3) is 0.625. The summed E-state index contributed by atoms with van der Waals surface area (Å²) in [5, 5.41) is 3.94. The Labute approximate surface area is 145 Å². The van der Waals surface area contributed by atoms with Gasteiger partial charge in [0.2, 0.25) is 5.89 Å². The molecule has 0 bridgehead atoms. The molecule has 25 heavy (non-hydrogen) atoms. The number of hydrogen-bond donors (Lipinski definition) is 0. The highest BCUT2D eigenvalue weighted by molar-refractivity contribution is 5.03. The third-order valence-electron chi connectivity index (χ3n) is 4.84. The molecule has 0 radical (unpaired) electrons. The first-order valence-electron chi connectivity index (χ1n) is 8.33. The Morgan fingerprint density at radius 1 is 1.32 bits per heavy atom. The smallest absolute Gasteiger partial charge is 0.330 e. The Morgan fingerprint density at radius 2 is 2.08 bits per heavy atom. The van der Waals surface area contributed by atoms with Crippen LogP contribution in [0.1, 0.15) is 23.8 Å². The van der Waals surface area contributed by atoms with E-state index in [9.17, 15) is 9.59 Å². The van der Waals surface area contributed by atoms with Crippen LogP contribution in [0.4, 0.5) is 0 Å². The van der Waals surface area contributed by atoms with Crippen molar-refractivity contribution < 1.29 is 4.52 Å². The molecule has 0 amide bonds. The molecule has 1 aliphatic rings. The van der Waals surface area contributed by atoms with E-state index in [1.807, 2.05) is 7.05 Å². The van der Waals surface area contributed by atoms with Crippen molar-refractivity contribution in [3.05, 3.63) is 44.3 Å². The van der Waals surface area contributed by atoms with E-state index in [1.165, 1.54) is 7.05 Å². The minimum absolute atomic E-state index is 0.265. The van der Waals surface area contributed by atoms with Crippen LogP contribution in [0.5, 0.6) is 0 Å². The van der Waals surface area contributed by atoms with Crippen molar-refractivity contribution in [2.45, 2.75) is 32.5 Å². The molecule has 0 unspecified atom stereocenters. The Hall–Kier alpha value is -2.26. The van der Waals surface area contributed by atoms with Gasteiger partial charge in [0.05, 0.1) is 6.54 Å². The summed E-state index contributed by atoms with van der Waals surface area (Å²) in [7, 11) is 5.25. The lowest BCUT2D eigenvalue weighted by atomic mass is 10.2. The Bertz CT molecular complexity index is 867. The first-order chi connectivity index (χ1) is 11.8. The van der Waals surface area contributed by atoms with E-state index < -0.39 is 0 Å². The van der Waals surface area contributed by atoms with Crippen LogP contribution in [-0.2, 0) is 27.2 Å². The van der Waals surface area contributed by atoms with Crippen LogP contribution in [0.25, 0.3) is 0 Å². The van der Waals surface area contributed by atoms with Crippen LogP contribution in [0.2, 0.25) is 0 Å². The molecule has 9 heteroatoms. The Morgan fingerprint density at radius 3 is 2.76 bits per heavy atom. The maximum atomic E-state index is 12.0. The monoisotopic (exact) mass is 348 g/mol. The zero-order valence-electron chi connectivity index (χ0n) is 15.1. The van der Waals surface area contributed by atoms with Crippen molar-refractivity contribution in [1.82, 2.24) is 29.1 Å². The number of likely N-dealkylation sites (tertiary alicyclic amines) is 1. The van der Waals surface area contributed by atoms with Crippen molar-refractivity contribution in [1.29, 1.82) is 0 Å². The van der Waals surface area contributed by atoms with Gasteiger partial charge in [0.25, 0.3) is 5.56 Å². The Kier molecular flexibility index (Phi) is 4.87. The fourth-order valence-corrected chi connectivity index (χ4v) is 3.23. The molecule has 0 aliphatic carbocycles. The molecule has 1 saturated heterocycles. The molecular formula is C16H24N6O3. The number of hydrogen-bond acceptors (Lipinski definition) is 7. The van der Waals surface area contributed by atoms with Gasteiger partial charge in [-0.05, 0) is 13.5 Å². The van der Waals surface area contributed by atoms with Gasteiger partial charge in [-0.3, -0.25) is 23.7 Å². The summed E-state index contributed by atoms with van der Waals surface area (Å²) < 4.78 is 7.68. The standard InChI is InChI=1S/C16H24N6O3/c1-11-17-14(18-25-11)10-19(2)12-5-6-22(8-12)9-13-7-15(23)21(4)16(24)20(13)3/h7,12H,5-6,8-10H2,1-4H3/t12-/m1/s1. The van der Waals surface area contributed by atoms with Gasteiger partial charge in [-0.2, -0.15) is 4.98 Å². The normalized spacial score (nSPS) is 18.4. The largest absolute Gasteiger partial charge is 0.340 e. The zero-order valence-corrected chi connectivity index (χ0v) is 15.1. The van der Waals surface area contributed by atoms with Crippen LogP contribution in [0.3, 0.4) is 0 Å². The summed E-state index contributed by atoms with van der Waals surface area (Å²) >= 11 is 0. The topological polar surface area (TPSA) is 89.4 Å². The molecule has 1 aliphatic heterocycles. The van der Waals surface area contributed by atoms with Crippen molar-refractivity contribution in [2.24, 2.45) is 14.1 Å². The summed E-state index contributed by atoms with van der Waals surface area (Å²) in [5.41, 5.74) is 0.187. The molecule has 0 saturated carbocycles. The van der Waals surface area contributed by atoms with E-state index >= 15 is 0 Å². The van der Waals surface area contributed by atoms with E-state index in [0.717, 1.165) is 29.8 Å². The van der Waals surface area contributed by atoms with Crippen molar-refractivity contribution in [3.8, 4) is 0 Å². The lowest BCUT2D eigenvalue weighted by Crippen LogP contribution is -2.40.